The third kappa shape index (κ3) is 6.11. The number of benzene rings is 3. The van der Waals surface area contributed by atoms with Crippen LogP contribution >= 0.6 is 11.6 Å². The average Bonchev–Trinajstić information content (AvgIpc) is 2.76. The highest BCUT2D eigenvalue weighted by Crippen LogP contribution is 2.28. The van der Waals surface area contributed by atoms with Crippen LogP contribution in [0.3, 0.4) is 0 Å². The minimum Gasteiger partial charge on any atom is -0.480 e. The molecule has 0 bridgehead atoms. The minimum atomic E-state index is -3.80. The second-order valence-electron chi connectivity index (χ2n) is 7.70. The van der Waals surface area contributed by atoms with Gasteiger partial charge in [-0.15, -0.1) is 0 Å². The molecule has 0 aliphatic rings. The van der Waals surface area contributed by atoms with E-state index in [4.69, 9.17) is 21.8 Å². The first kappa shape index (κ1) is 24.7. The summed E-state index contributed by atoms with van der Waals surface area (Å²) >= 11 is 6.10. The number of sulfonamides is 1. The van der Waals surface area contributed by atoms with Crippen LogP contribution in [0.4, 0.5) is 5.69 Å². The van der Waals surface area contributed by atoms with E-state index in [0.717, 1.165) is 16.7 Å². The van der Waals surface area contributed by atoms with Crippen molar-refractivity contribution < 1.29 is 23.4 Å². The van der Waals surface area contributed by atoms with Gasteiger partial charge >= 0.3 is 5.97 Å². The zero-order valence-corrected chi connectivity index (χ0v) is 19.7. The van der Waals surface area contributed by atoms with Gasteiger partial charge in [0.2, 0.25) is 0 Å². The summed E-state index contributed by atoms with van der Waals surface area (Å²) in [5.74, 6) is -1.11. The van der Waals surface area contributed by atoms with Gasteiger partial charge in [-0.05, 0) is 65.9 Å². The predicted octanol–water partition coefficient (Wildman–Crippen LogP) is 3.96. The van der Waals surface area contributed by atoms with E-state index < -0.39 is 28.6 Å². The Bertz CT molecular complexity index is 1260. The molecule has 33 heavy (non-hydrogen) atoms. The van der Waals surface area contributed by atoms with E-state index in [-0.39, 0.29) is 11.4 Å². The van der Waals surface area contributed by atoms with Gasteiger partial charge in [-0.2, -0.15) is 0 Å². The molecule has 0 spiro atoms. The lowest BCUT2D eigenvalue weighted by atomic mass is 10.0. The van der Waals surface area contributed by atoms with Crippen LogP contribution < -0.4 is 10.0 Å². The molecule has 1 atom stereocenters. The van der Waals surface area contributed by atoms with Crippen molar-refractivity contribution in [3.8, 4) is 11.1 Å². The summed E-state index contributed by atoms with van der Waals surface area (Å²) in [5, 5.41) is 21.4. The van der Waals surface area contributed by atoms with Crippen molar-refractivity contribution in [1.82, 2.24) is 5.32 Å². The quantitative estimate of drug-likeness (QED) is 0.362. The summed E-state index contributed by atoms with van der Waals surface area (Å²) in [6.07, 6.45) is 0. The van der Waals surface area contributed by atoms with E-state index in [0.29, 0.717) is 21.8 Å². The number of aliphatic hydroxyl groups is 1. The van der Waals surface area contributed by atoms with Gasteiger partial charge in [-0.25, -0.2) is 8.42 Å². The van der Waals surface area contributed by atoms with E-state index in [9.17, 15) is 13.2 Å². The molecule has 0 saturated heterocycles. The number of aliphatic hydroxyl groups excluding tert-OH is 1. The molecule has 0 heterocycles. The molecule has 0 radical (unpaired) electrons. The highest BCUT2D eigenvalue weighted by Gasteiger charge is 2.19. The summed E-state index contributed by atoms with van der Waals surface area (Å²) in [7, 11) is -3.80. The smallest absolute Gasteiger partial charge is 0.323 e. The Balaban J connectivity index is 1.77. The molecule has 3 aromatic rings. The zero-order valence-electron chi connectivity index (χ0n) is 18.2. The first-order valence-corrected chi connectivity index (χ1v) is 12.0. The SMILES string of the molecule is Cc1cc(S(=O)(=O)Nc2cccc(-c3ccc(CNC(CO)C(=O)O)cc3)c2)c(C)cc1Cl. The molecular formula is C24H25ClN2O5S. The summed E-state index contributed by atoms with van der Waals surface area (Å²) < 4.78 is 28.5. The van der Waals surface area contributed by atoms with Crippen LogP contribution in [0.5, 0.6) is 0 Å². The standard InChI is InChI=1S/C24H25ClN2O5S/c1-15-11-23(16(2)10-21(15)25)33(31,32)27-20-5-3-4-19(12-20)18-8-6-17(7-9-18)13-26-22(14-28)24(29)30/h3-12,22,26-28H,13-14H2,1-2H3,(H,29,30). The first-order chi connectivity index (χ1) is 15.6. The Labute approximate surface area is 198 Å². The molecule has 0 amide bonds. The van der Waals surface area contributed by atoms with Crippen LogP contribution in [0.15, 0.2) is 65.6 Å². The molecule has 3 aromatic carbocycles. The van der Waals surface area contributed by atoms with Gasteiger partial charge in [0.05, 0.1) is 11.5 Å². The maximum atomic E-state index is 13.0. The fourth-order valence-electron chi connectivity index (χ4n) is 3.30. The fourth-order valence-corrected chi connectivity index (χ4v) is 4.88. The van der Waals surface area contributed by atoms with Crippen molar-refractivity contribution in [2.45, 2.75) is 31.3 Å². The summed E-state index contributed by atoms with van der Waals surface area (Å²) in [5.41, 5.74) is 4.21. The largest absolute Gasteiger partial charge is 0.480 e. The molecule has 3 rings (SSSR count). The van der Waals surface area contributed by atoms with Crippen LogP contribution in [0.2, 0.25) is 5.02 Å². The van der Waals surface area contributed by atoms with Crippen molar-refractivity contribution in [3.63, 3.8) is 0 Å². The van der Waals surface area contributed by atoms with Gasteiger partial charge in [0, 0.05) is 17.3 Å². The number of carboxylic acid groups (broad SMARTS) is 1. The Morgan fingerprint density at radius 1 is 1.00 bits per heavy atom. The number of anilines is 1. The molecule has 0 aliphatic heterocycles. The molecule has 0 aromatic heterocycles. The first-order valence-electron chi connectivity index (χ1n) is 10.2. The van der Waals surface area contributed by atoms with Crippen LogP contribution in [0.25, 0.3) is 11.1 Å². The van der Waals surface area contributed by atoms with E-state index in [1.54, 1.807) is 44.2 Å². The van der Waals surface area contributed by atoms with Crippen LogP contribution in [0, 0.1) is 13.8 Å². The highest BCUT2D eigenvalue weighted by molar-refractivity contribution is 7.92. The monoisotopic (exact) mass is 488 g/mol. The Morgan fingerprint density at radius 2 is 1.70 bits per heavy atom. The van der Waals surface area contributed by atoms with Crippen molar-refractivity contribution in [2.75, 3.05) is 11.3 Å². The number of hydrogen-bond donors (Lipinski definition) is 4. The number of nitrogens with one attached hydrogen (secondary N) is 2. The number of carbonyl (C=O) groups is 1. The highest BCUT2D eigenvalue weighted by atomic mass is 35.5. The van der Waals surface area contributed by atoms with Gasteiger partial charge in [-0.1, -0.05) is 48.0 Å². The lowest BCUT2D eigenvalue weighted by molar-refractivity contribution is -0.140. The number of halogens is 1. The molecule has 0 aliphatic carbocycles. The Hall–Kier alpha value is -2.91. The van der Waals surface area contributed by atoms with Crippen molar-refractivity contribution in [2.24, 2.45) is 0 Å². The lowest BCUT2D eigenvalue weighted by Crippen LogP contribution is -2.39. The third-order valence-electron chi connectivity index (χ3n) is 5.18. The zero-order chi connectivity index (χ0) is 24.2. The molecule has 0 saturated carbocycles. The van der Waals surface area contributed by atoms with Crippen molar-refractivity contribution >= 4 is 33.3 Å². The second-order valence-corrected chi connectivity index (χ2v) is 9.76. The van der Waals surface area contributed by atoms with Crippen LogP contribution in [-0.2, 0) is 21.4 Å². The van der Waals surface area contributed by atoms with Gasteiger partial charge < -0.3 is 10.2 Å². The van der Waals surface area contributed by atoms with Crippen LogP contribution in [-0.4, -0.2) is 37.2 Å². The fraction of sp³-hybridized carbons (Fsp3) is 0.208. The summed E-state index contributed by atoms with van der Waals surface area (Å²) in [4.78, 5) is 11.2. The normalized spacial score (nSPS) is 12.4. The molecule has 174 valence electrons. The maximum Gasteiger partial charge on any atom is 0.323 e. The van der Waals surface area contributed by atoms with Gasteiger partial charge in [0.25, 0.3) is 10.0 Å². The third-order valence-corrected chi connectivity index (χ3v) is 7.11. The number of rotatable bonds is 9. The van der Waals surface area contributed by atoms with Crippen LogP contribution in [0.1, 0.15) is 16.7 Å². The molecule has 7 nitrogen and oxygen atoms in total. The Kier molecular flexibility index (Phi) is 7.76. The number of aryl methyl sites for hydroxylation is 2. The van der Waals surface area contributed by atoms with E-state index in [2.05, 4.69) is 10.0 Å². The number of aliphatic carboxylic acids is 1. The second kappa shape index (κ2) is 10.4. The molecule has 4 N–H and O–H groups in total. The number of hydrogen-bond acceptors (Lipinski definition) is 5. The van der Waals surface area contributed by atoms with E-state index >= 15 is 0 Å². The van der Waals surface area contributed by atoms with Gasteiger partial charge in [-0.3, -0.25) is 14.8 Å². The lowest BCUT2D eigenvalue weighted by Gasteiger charge is -2.13. The summed E-state index contributed by atoms with van der Waals surface area (Å²) in [6, 6.07) is 16.6. The van der Waals surface area contributed by atoms with E-state index in [1.807, 2.05) is 30.3 Å². The summed E-state index contributed by atoms with van der Waals surface area (Å²) in [6.45, 7) is 3.25. The van der Waals surface area contributed by atoms with Gasteiger partial charge in [0.1, 0.15) is 6.04 Å². The maximum absolute atomic E-state index is 13.0. The van der Waals surface area contributed by atoms with Gasteiger partial charge in [0.15, 0.2) is 0 Å². The van der Waals surface area contributed by atoms with Crippen molar-refractivity contribution in [3.05, 3.63) is 82.4 Å². The molecular weight excluding hydrogens is 464 g/mol. The average molecular weight is 489 g/mol. The minimum absolute atomic E-state index is 0.175. The molecule has 9 heteroatoms. The van der Waals surface area contributed by atoms with E-state index in [1.165, 1.54) is 0 Å². The Morgan fingerprint density at radius 3 is 2.33 bits per heavy atom. The molecule has 1 unspecified atom stereocenters. The predicted molar refractivity (Wildman–Crippen MR) is 129 cm³/mol. The van der Waals surface area contributed by atoms with Crippen molar-refractivity contribution in [1.29, 1.82) is 0 Å². The molecule has 0 fully saturated rings. The number of carboxylic acids is 1. The topological polar surface area (TPSA) is 116 Å².